The van der Waals surface area contributed by atoms with Gasteiger partial charge in [-0.1, -0.05) is 115 Å². The van der Waals surface area contributed by atoms with E-state index in [0.29, 0.717) is 0 Å². The highest BCUT2D eigenvalue weighted by Crippen LogP contribution is 2.56. The first-order valence-electron chi connectivity index (χ1n) is 25.0. The molecular weight excluding hydrogens is 848 g/mol. The predicted molar refractivity (Wildman–Crippen MR) is 300 cm³/mol. The summed E-state index contributed by atoms with van der Waals surface area (Å²) in [5, 5.41) is 5.26. The molecule has 4 aliphatic rings. The molecule has 4 aliphatic heterocycles. The monoisotopic (exact) mass is 899 g/mol. The highest BCUT2D eigenvalue weighted by atomic mass is 15.2. The van der Waals surface area contributed by atoms with Crippen molar-refractivity contribution in [2.75, 3.05) is 14.7 Å². The molecule has 0 unspecified atom stereocenters. The lowest BCUT2D eigenvalue weighted by atomic mass is 9.44. The third-order valence-corrected chi connectivity index (χ3v) is 15.9. The van der Waals surface area contributed by atoms with E-state index in [0.717, 1.165) is 17.1 Å². The molecule has 0 amide bonds. The maximum absolute atomic E-state index is 2.77. The molecule has 2 aromatic heterocycles. The minimum Gasteiger partial charge on any atom is -0.375 e. The molecule has 0 saturated carbocycles. The van der Waals surface area contributed by atoms with Crippen molar-refractivity contribution in [3.63, 3.8) is 0 Å². The third kappa shape index (κ3) is 5.04. The Balaban J connectivity index is 1.20. The summed E-state index contributed by atoms with van der Waals surface area (Å²) < 4.78 is 5.53. The van der Waals surface area contributed by atoms with Gasteiger partial charge in [-0.2, -0.15) is 0 Å². The van der Waals surface area contributed by atoms with E-state index in [1.54, 1.807) is 0 Å². The van der Waals surface area contributed by atoms with Crippen molar-refractivity contribution in [1.82, 2.24) is 8.96 Å². The molecular formula is C63H51B2N5. The van der Waals surface area contributed by atoms with Crippen molar-refractivity contribution in [1.29, 1.82) is 0 Å². The molecule has 15 rings (SSSR count). The van der Waals surface area contributed by atoms with Crippen molar-refractivity contribution in [3.05, 3.63) is 188 Å². The Kier molecular flexibility index (Phi) is 7.82. The lowest BCUT2D eigenvalue weighted by Crippen LogP contribution is -2.60. The standard InChI is InChI=1S/C63H51B2N5/c1-38-34-44-56-54-42-26-14-18-30-48(42)70-61(54)57(55-43-27-15-19-31-49(43)69(60(55)56)64-46-28-16-20-32-50(46)67(62(2,3)4)52(35-38)58(44)64)45-36-41(66(39-22-10-8-11-23-39)40-24-12-9-13-25-40)37-53-59(45)65(70)47-29-17-21-33-51(47)68(53)63(5,6)7/h8-37H,1-7H3. The second kappa shape index (κ2) is 13.7. The van der Waals surface area contributed by atoms with Crippen molar-refractivity contribution in [3.8, 4) is 22.3 Å². The Labute approximate surface area is 410 Å². The zero-order chi connectivity index (χ0) is 47.1. The van der Waals surface area contributed by atoms with Crippen molar-refractivity contribution in [2.45, 2.75) is 59.5 Å². The lowest BCUT2D eigenvalue weighted by Gasteiger charge is -2.47. The van der Waals surface area contributed by atoms with Crippen LogP contribution in [0.3, 0.4) is 0 Å². The van der Waals surface area contributed by atoms with Gasteiger partial charge in [0.1, 0.15) is 0 Å². The number of rotatable bonds is 3. The number of hydrogen-bond donors (Lipinski definition) is 0. The van der Waals surface area contributed by atoms with Crippen LogP contribution >= 0.6 is 0 Å². The zero-order valence-electron chi connectivity index (χ0n) is 40.7. The summed E-state index contributed by atoms with van der Waals surface area (Å²) in [6.45, 7) is 16.4. The molecule has 0 saturated heterocycles. The Morgan fingerprint density at radius 3 is 1.30 bits per heavy atom. The largest absolute Gasteiger partial charge is 0.375 e. The van der Waals surface area contributed by atoms with Gasteiger partial charge >= 0.3 is 13.7 Å². The van der Waals surface area contributed by atoms with Crippen LogP contribution in [0.2, 0.25) is 0 Å². The van der Waals surface area contributed by atoms with Gasteiger partial charge in [0, 0.05) is 106 Å². The van der Waals surface area contributed by atoms with Crippen LogP contribution in [0.15, 0.2) is 182 Å². The number of aromatic nitrogens is 2. The Bertz CT molecular complexity index is 4030. The highest BCUT2D eigenvalue weighted by molar-refractivity contribution is 6.91. The molecule has 70 heavy (non-hydrogen) atoms. The average Bonchev–Trinajstić information content (AvgIpc) is 3.88. The van der Waals surface area contributed by atoms with E-state index in [1.807, 2.05) is 0 Å². The van der Waals surface area contributed by atoms with Gasteiger partial charge in [0.2, 0.25) is 0 Å². The fraction of sp³-hybridized carbons (Fsp3) is 0.143. The van der Waals surface area contributed by atoms with Gasteiger partial charge in [-0.15, -0.1) is 0 Å². The van der Waals surface area contributed by atoms with E-state index in [1.165, 1.54) is 116 Å². The third-order valence-electron chi connectivity index (χ3n) is 15.9. The quantitative estimate of drug-likeness (QED) is 0.165. The summed E-state index contributed by atoms with van der Waals surface area (Å²) in [6.07, 6.45) is 0. The van der Waals surface area contributed by atoms with Crippen LogP contribution in [0.4, 0.5) is 39.8 Å². The maximum atomic E-state index is 2.77. The molecule has 11 aromatic rings. The van der Waals surface area contributed by atoms with Crippen LogP contribution in [-0.2, 0) is 0 Å². The number of fused-ring (bicyclic) bond motifs is 16. The second-order valence-corrected chi connectivity index (χ2v) is 22.1. The first-order valence-corrected chi connectivity index (χ1v) is 25.0. The van der Waals surface area contributed by atoms with Crippen molar-refractivity contribution in [2.24, 2.45) is 0 Å². The number of para-hydroxylation sites is 6. The summed E-state index contributed by atoms with van der Waals surface area (Å²) in [5.41, 5.74) is 25.2. The SMILES string of the molecule is Cc1cc2c3c(c1)N(C(C)(C)C)c1ccccc1B3n1c3ccccc3c3c4c5c(c-2c31)c1ccccc1n5B1c2ccccc2N(C(C)(C)C)c2cc(N(c3ccccc3)c3ccccc3)cc-4c21. The average molecular weight is 900 g/mol. The summed E-state index contributed by atoms with van der Waals surface area (Å²) in [4.78, 5) is 7.73. The molecule has 0 fully saturated rings. The van der Waals surface area contributed by atoms with Crippen molar-refractivity contribution < 1.29 is 0 Å². The van der Waals surface area contributed by atoms with E-state index in [2.05, 4.69) is 254 Å². The summed E-state index contributed by atoms with van der Waals surface area (Å²) in [7, 11) is 0. The van der Waals surface area contributed by atoms with E-state index < -0.39 is 0 Å². The molecule has 6 heterocycles. The zero-order valence-corrected chi connectivity index (χ0v) is 40.7. The topological polar surface area (TPSA) is 19.6 Å². The smallest absolute Gasteiger partial charge is 0.333 e. The number of nitrogens with zero attached hydrogens (tertiary/aromatic N) is 5. The highest BCUT2D eigenvalue weighted by Gasteiger charge is 2.49. The number of hydrogen-bond acceptors (Lipinski definition) is 3. The van der Waals surface area contributed by atoms with Gasteiger partial charge in [0.25, 0.3) is 0 Å². The van der Waals surface area contributed by atoms with E-state index in [9.17, 15) is 0 Å². The molecule has 7 heteroatoms. The minimum atomic E-state index is -0.253. The van der Waals surface area contributed by atoms with Crippen LogP contribution in [0.25, 0.3) is 65.9 Å². The van der Waals surface area contributed by atoms with Gasteiger partial charge < -0.3 is 23.7 Å². The Morgan fingerprint density at radius 1 is 0.400 bits per heavy atom. The van der Waals surface area contributed by atoms with Crippen LogP contribution < -0.4 is 36.6 Å². The van der Waals surface area contributed by atoms with Crippen molar-refractivity contribution >= 4 is 119 Å². The first-order chi connectivity index (χ1) is 34.0. The molecule has 0 bridgehead atoms. The summed E-state index contributed by atoms with van der Waals surface area (Å²) in [5.74, 6) is 0. The predicted octanol–water partition coefficient (Wildman–Crippen LogP) is 13.4. The lowest BCUT2D eigenvalue weighted by molar-refractivity contribution is 0.561. The van der Waals surface area contributed by atoms with Crippen LogP contribution in [0.5, 0.6) is 0 Å². The molecule has 5 nitrogen and oxygen atoms in total. The number of aryl methyl sites for hydroxylation is 1. The minimum absolute atomic E-state index is 0.0280. The van der Waals surface area contributed by atoms with Crippen LogP contribution in [-0.4, -0.2) is 33.7 Å². The molecule has 9 aromatic carbocycles. The van der Waals surface area contributed by atoms with E-state index >= 15 is 0 Å². The van der Waals surface area contributed by atoms with E-state index in [-0.39, 0.29) is 24.8 Å². The summed E-state index contributed by atoms with van der Waals surface area (Å²) in [6, 6.07) is 69.0. The molecule has 0 radical (unpaired) electrons. The Hall–Kier alpha value is -7.89. The first kappa shape index (κ1) is 40.0. The fourth-order valence-corrected chi connectivity index (χ4v) is 13.7. The van der Waals surface area contributed by atoms with Crippen LogP contribution in [0.1, 0.15) is 47.1 Å². The maximum Gasteiger partial charge on any atom is 0.333 e. The summed E-state index contributed by atoms with van der Waals surface area (Å²) >= 11 is 0. The Morgan fingerprint density at radius 2 is 0.814 bits per heavy atom. The fourth-order valence-electron chi connectivity index (χ4n) is 13.7. The second-order valence-electron chi connectivity index (χ2n) is 22.1. The molecule has 0 aliphatic carbocycles. The number of anilines is 7. The van der Waals surface area contributed by atoms with Gasteiger partial charge in [-0.3, -0.25) is 0 Å². The molecule has 0 atom stereocenters. The molecule has 334 valence electrons. The molecule has 0 spiro atoms. The molecule has 0 N–H and O–H groups in total. The van der Waals surface area contributed by atoms with Crippen LogP contribution in [0, 0.1) is 6.92 Å². The van der Waals surface area contributed by atoms with Gasteiger partial charge in [0.05, 0.1) is 0 Å². The van der Waals surface area contributed by atoms with E-state index in [4.69, 9.17) is 0 Å². The van der Waals surface area contributed by atoms with Gasteiger partial charge in [0.15, 0.2) is 0 Å². The number of benzene rings is 9. The van der Waals surface area contributed by atoms with Gasteiger partial charge in [-0.05, 0) is 154 Å². The normalized spacial score (nSPS) is 14.1. The van der Waals surface area contributed by atoms with Gasteiger partial charge in [-0.25, -0.2) is 0 Å².